The van der Waals surface area contributed by atoms with Crippen LogP contribution in [-0.2, 0) is 19.5 Å². The Bertz CT molecular complexity index is 396. The average Bonchev–Trinajstić information content (AvgIpc) is 2.37. The third-order valence-electron chi connectivity index (χ3n) is 2.20. The number of carbonyl (C=O) groups is 2. The van der Waals surface area contributed by atoms with Crippen molar-refractivity contribution < 1.29 is 18.9 Å². The van der Waals surface area contributed by atoms with Crippen molar-refractivity contribution in [2.75, 3.05) is 0 Å². The Morgan fingerprint density at radius 3 is 2.61 bits per heavy atom. The number of carbonyl (C=O) groups excluding carboxylic acids is 1. The predicted octanol–water partition coefficient (Wildman–Crippen LogP) is 1.57. The Kier molecular flexibility index (Phi) is 6.24. The first-order valence-electron chi connectivity index (χ1n) is 5.44. The number of hydrogen-bond acceptors (Lipinski definition) is 5. The van der Waals surface area contributed by atoms with Crippen LogP contribution in [-0.4, -0.2) is 23.1 Å². The van der Waals surface area contributed by atoms with Crippen LogP contribution in [0.4, 0.5) is 0 Å². The van der Waals surface area contributed by atoms with E-state index in [1.54, 1.807) is 0 Å². The minimum absolute atomic E-state index is 0.00918. The quantitative estimate of drug-likeness (QED) is 0.730. The highest BCUT2D eigenvalue weighted by Gasteiger charge is 2.14. The monoisotopic (exact) mass is 269 g/mol. The van der Waals surface area contributed by atoms with Gasteiger partial charge in [0.05, 0.1) is 17.8 Å². The predicted molar refractivity (Wildman–Crippen MR) is 68.7 cm³/mol. The molecule has 0 unspecified atom stereocenters. The molecule has 3 N–H and O–H groups in total. The van der Waals surface area contributed by atoms with E-state index in [0.717, 1.165) is 17.6 Å². The first-order valence-corrected chi connectivity index (χ1v) is 6.35. The molecule has 0 radical (unpaired) electrons. The molecule has 0 fully saturated rings. The lowest BCUT2D eigenvalue weighted by atomic mass is 10.2. The van der Waals surface area contributed by atoms with Crippen molar-refractivity contribution in [3.05, 3.63) is 35.9 Å². The Morgan fingerprint density at radius 2 is 2.00 bits per heavy atom. The summed E-state index contributed by atoms with van der Waals surface area (Å²) in [4.78, 5) is 21.7. The molecule has 6 heteroatoms. The largest absolute Gasteiger partial charge is 0.480 e. The van der Waals surface area contributed by atoms with E-state index in [1.165, 1.54) is 0 Å². The number of carboxylic acid groups (broad SMARTS) is 1. The van der Waals surface area contributed by atoms with Crippen molar-refractivity contribution in [2.45, 2.75) is 24.6 Å². The van der Waals surface area contributed by atoms with Crippen LogP contribution in [0.25, 0.3) is 0 Å². The second kappa shape index (κ2) is 7.73. The van der Waals surface area contributed by atoms with Crippen molar-refractivity contribution in [1.29, 1.82) is 0 Å². The Balaban J connectivity index is 2.16. The molecule has 0 amide bonds. The van der Waals surface area contributed by atoms with Crippen LogP contribution in [0.3, 0.4) is 0 Å². The smallest absolute Gasteiger partial charge is 0.320 e. The zero-order valence-corrected chi connectivity index (χ0v) is 10.6. The van der Waals surface area contributed by atoms with E-state index in [2.05, 4.69) is 0 Å². The van der Waals surface area contributed by atoms with Crippen LogP contribution in [0.5, 0.6) is 0 Å². The van der Waals surface area contributed by atoms with E-state index in [1.807, 2.05) is 30.3 Å². The fourth-order valence-corrected chi connectivity index (χ4v) is 1.78. The van der Waals surface area contributed by atoms with Gasteiger partial charge >= 0.3 is 11.9 Å². The summed E-state index contributed by atoms with van der Waals surface area (Å²) in [5.74, 6) is -0.996. The summed E-state index contributed by atoms with van der Waals surface area (Å²) < 4.78 is 4.91. The van der Waals surface area contributed by atoms with E-state index in [4.69, 9.17) is 15.0 Å². The summed E-state index contributed by atoms with van der Waals surface area (Å²) in [7, 11) is 0. The minimum atomic E-state index is -1.11. The van der Waals surface area contributed by atoms with Crippen LogP contribution >= 0.6 is 12.0 Å². The van der Waals surface area contributed by atoms with E-state index >= 15 is 0 Å². The zero-order chi connectivity index (χ0) is 13.4. The van der Waals surface area contributed by atoms with Crippen LogP contribution in [0.15, 0.2) is 30.3 Å². The highest BCUT2D eigenvalue weighted by Crippen LogP contribution is 2.14. The summed E-state index contributed by atoms with van der Waals surface area (Å²) in [5.41, 5.74) is 6.32. The number of nitrogens with two attached hydrogens (primary N) is 1. The molecule has 1 aromatic carbocycles. The van der Waals surface area contributed by atoms with E-state index in [9.17, 15) is 9.59 Å². The number of aliphatic carboxylic acids is 1. The van der Waals surface area contributed by atoms with Crippen LogP contribution in [0.2, 0.25) is 0 Å². The first kappa shape index (κ1) is 14.5. The molecule has 0 aliphatic rings. The lowest BCUT2D eigenvalue weighted by molar-refractivity contribution is -0.139. The molecule has 1 aromatic rings. The van der Waals surface area contributed by atoms with Gasteiger partial charge in [-0.15, -0.1) is 0 Å². The van der Waals surface area contributed by atoms with Gasteiger partial charge in [-0.1, -0.05) is 30.3 Å². The van der Waals surface area contributed by atoms with Crippen LogP contribution in [0.1, 0.15) is 18.4 Å². The number of benzene rings is 1. The van der Waals surface area contributed by atoms with Gasteiger partial charge in [-0.2, -0.15) is 0 Å². The van der Waals surface area contributed by atoms with Crippen molar-refractivity contribution in [1.82, 2.24) is 0 Å². The molecule has 5 nitrogen and oxygen atoms in total. The SMILES string of the molecule is N[C@@H](CCC(=O)OSCc1ccccc1)C(=O)O. The summed E-state index contributed by atoms with van der Waals surface area (Å²) in [5, 5.41) is 8.54. The van der Waals surface area contributed by atoms with Gasteiger partial charge in [-0.25, -0.2) is 0 Å². The highest BCUT2D eigenvalue weighted by atomic mass is 32.2. The fraction of sp³-hybridized carbons (Fsp3) is 0.333. The highest BCUT2D eigenvalue weighted by molar-refractivity contribution is 7.94. The van der Waals surface area contributed by atoms with Gasteiger partial charge in [0.2, 0.25) is 0 Å². The molecule has 0 aromatic heterocycles. The number of rotatable bonds is 7. The third-order valence-corrected chi connectivity index (χ3v) is 2.95. The molecule has 1 rings (SSSR count). The second-order valence-electron chi connectivity index (χ2n) is 3.69. The Hall–Kier alpha value is -1.53. The van der Waals surface area contributed by atoms with Crippen LogP contribution < -0.4 is 5.73 Å². The minimum Gasteiger partial charge on any atom is -0.480 e. The molecular formula is C12H15NO4S. The van der Waals surface area contributed by atoms with Crippen molar-refractivity contribution in [3.8, 4) is 0 Å². The van der Waals surface area contributed by atoms with Crippen LogP contribution in [0, 0.1) is 0 Å². The van der Waals surface area contributed by atoms with Crippen molar-refractivity contribution in [2.24, 2.45) is 5.73 Å². The third kappa shape index (κ3) is 5.70. The summed E-state index contributed by atoms with van der Waals surface area (Å²) >= 11 is 1.04. The van der Waals surface area contributed by atoms with Crippen molar-refractivity contribution >= 4 is 24.0 Å². The topological polar surface area (TPSA) is 89.6 Å². The van der Waals surface area contributed by atoms with Gasteiger partial charge in [-0.3, -0.25) is 9.59 Å². The van der Waals surface area contributed by atoms with Gasteiger partial charge < -0.3 is 15.0 Å². The average molecular weight is 269 g/mol. The molecule has 0 saturated heterocycles. The molecule has 98 valence electrons. The maximum absolute atomic E-state index is 11.3. The van der Waals surface area contributed by atoms with E-state index in [-0.39, 0.29) is 12.8 Å². The second-order valence-corrected chi connectivity index (χ2v) is 4.38. The van der Waals surface area contributed by atoms with Gasteiger partial charge in [0, 0.05) is 6.42 Å². The summed E-state index contributed by atoms with van der Waals surface area (Å²) in [6, 6.07) is 8.57. The maximum atomic E-state index is 11.3. The first-order chi connectivity index (χ1) is 8.59. The lowest BCUT2D eigenvalue weighted by Gasteiger charge is -2.05. The maximum Gasteiger partial charge on any atom is 0.320 e. The van der Waals surface area contributed by atoms with Gasteiger partial charge in [0.1, 0.15) is 6.04 Å². The van der Waals surface area contributed by atoms with Gasteiger partial charge in [0.25, 0.3) is 0 Å². The van der Waals surface area contributed by atoms with Gasteiger partial charge in [-0.05, 0) is 12.0 Å². The molecule has 0 spiro atoms. The van der Waals surface area contributed by atoms with E-state index < -0.39 is 18.0 Å². The summed E-state index contributed by atoms with van der Waals surface area (Å²) in [6.07, 6.45) is 0.0926. The normalized spacial score (nSPS) is 11.8. The number of carboxylic acids is 1. The molecule has 0 bridgehead atoms. The molecule has 0 aliphatic carbocycles. The standard InChI is InChI=1S/C12H15NO4S/c13-10(12(15)16)6-7-11(14)17-18-8-9-4-2-1-3-5-9/h1-5,10H,6-8,13H2,(H,15,16)/t10-/m0/s1. The number of hydrogen-bond donors (Lipinski definition) is 2. The fourth-order valence-electron chi connectivity index (χ4n) is 1.18. The van der Waals surface area contributed by atoms with Gasteiger partial charge in [0.15, 0.2) is 0 Å². The zero-order valence-electron chi connectivity index (χ0n) is 9.74. The molecule has 0 aliphatic heterocycles. The molecule has 0 heterocycles. The van der Waals surface area contributed by atoms with E-state index in [0.29, 0.717) is 5.75 Å². The van der Waals surface area contributed by atoms with Crippen molar-refractivity contribution in [3.63, 3.8) is 0 Å². The Morgan fingerprint density at radius 1 is 1.33 bits per heavy atom. The Labute approximate surface area is 110 Å². The summed E-state index contributed by atoms with van der Waals surface area (Å²) in [6.45, 7) is 0. The molecule has 1 atom stereocenters. The molecular weight excluding hydrogens is 254 g/mol. The lowest BCUT2D eigenvalue weighted by Crippen LogP contribution is -2.30. The molecule has 0 saturated carbocycles. The molecule has 18 heavy (non-hydrogen) atoms.